The van der Waals surface area contributed by atoms with Crippen LogP contribution in [-0.2, 0) is 11.3 Å². The van der Waals surface area contributed by atoms with Crippen LogP contribution in [0, 0.1) is 0 Å². The first-order valence-corrected chi connectivity index (χ1v) is 10.8. The van der Waals surface area contributed by atoms with E-state index in [9.17, 15) is 14.4 Å². The summed E-state index contributed by atoms with van der Waals surface area (Å²) in [7, 11) is 0. The minimum Gasteiger partial charge on any atom is -0.486 e. The number of ether oxygens (including phenoxy) is 2. The van der Waals surface area contributed by atoms with Crippen LogP contribution in [0.4, 0.5) is 5.13 Å². The molecule has 0 aliphatic carbocycles. The fourth-order valence-corrected chi connectivity index (χ4v) is 4.26. The maximum absolute atomic E-state index is 12.5. The Morgan fingerprint density at radius 1 is 1.12 bits per heavy atom. The number of carbonyl (C=O) groups excluding carboxylic acids is 1. The quantitative estimate of drug-likeness (QED) is 0.483. The lowest BCUT2D eigenvalue weighted by molar-refractivity contribution is -0.116. The van der Waals surface area contributed by atoms with Crippen molar-refractivity contribution < 1.29 is 14.3 Å². The van der Waals surface area contributed by atoms with E-state index in [1.165, 1.54) is 15.9 Å². The minimum absolute atomic E-state index is 0.0505. The molecule has 2 aromatic carbocycles. The second kappa shape index (κ2) is 8.31. The molecule has 0 saturated carbocycles. The third-order valence-electron chi connectivity index (χ3n) is 5.06. The summed E-state index contributed by atoms with van der Waals surface area (Å²) in [5, 5.41) is 5.47. The highest BCUT2D eigenvalue weighted by Gasteiger charge is 2.15. The van der Waals surface area contributed by atoms with Crippen LogP contribution in [0.2, 0.25) is 0 Å². The van der Waals surface area contributed by atoms with E-state index in [0.29, 0.717) is 46.4 Å². The Hall–Kier alpha value is -3.92. The van der Waals surface area contributed by atoms with Crippen molar-refractivity contribution in [3.63, 3.8) is 0 Å². The molecule has 3 heterocycles. The molecule has 0 atom stereocenters. The molecular weight excluding hydrogens is 432 g/mol. The van der Waals surface area contributed by atoms with Crippen LogP contribution in [0.3, 0.4) is 0 Å². The molecule has 0 spiro atoms. The highest BCUT2D eigenvalue weighted by atomic mass is 32.1. The van der Waals surface area contributed by atoms with E-state index in [1.54, 1.807) is 24.3 Å². The van der Waals surface area contributed by atoms with Gasteiger partial charge >= 0.3 is 5.69 Å². The van der Waals surface area contributed by atoms with Crippen molar-refractivity contribution in [1.82, 2.24) is 14.5 Å². The summed E-state index contributed by atoms with van der Waals surface area (Å²) in [4.78, 5) is 43.4. The average Bonchev–Trinajstić information content (AvgIpc) is 3.27. The number of thiazole rings is 1. The van der Waals surface area contributed by atoms with Gasteiger partial charge in [0, 0.05) is 23.9 Å². The first kappa shape index (κ1) is 20.0. The van der Waals surface area contributed by atoms with Gasteiger partial charge in [-0.25, -0.2) is 9.78 Å². The van der Waals surface area contributed by atoms with E-state index in [0.717, 1.165) is 5.56 Å². The smallest absolute Gasteiger partial charge is 0.328 e. The van der Waals surface area contributed by atoms with Gasteiger partial charge in [-0.05, 0) is 30.3 Å². The van der Waals surface area contributed by atoms with Gasteiger partial charge < -0.3 is 14.8 Å². The van der Waals surface area contributed by atoms with Gasteiger partial charge in [0.25, 0.3) is 5.56 Å². The van der Waals surface area contributed by atoms with Crippen LogP contribution in [0.15, 0.2) is 57.4 Å². The molecule has 0 saturated heterocycles. The summed E-state index contributed by atoms with van der Waals surface area (Å²) in [5.74, 6) is 1.09. The van der Waals surface area contributed by atoms with Crippen LogP contribution in [0.25, 0.3) is 22.2 Å². The number of hydrogen-bond donors (Lipinski definition) is 2. The Labute approximate surface area is 185 Å². The maximum atomic E-state index is 12.5. The van der Waals surface area contributed by atoms with Gasteiger partial charge in [0.1, 0.15) is 13.2 Å². The van der Waals surface area contributed by atoms with Crippen molar-refractivity contribution in [1.29, 1.82) is 0 Å². The number of carbonyl (C=O) groups is 1. The Bertz CT molecular complexity index is 1440. The van der Waals surface area contributed by atoms with E-state index in [2.05, 4.69) is 15.3 Å². The van der Waals surface area contributed by atoms with E-state index >= 15 is 0 Å². The number of anilines is 1. The lowest BCUT2D eigenvalue weighted by Crippen LogP contribution is -2.31. The lowest BCUT2D eigenvalue weighted by atomic mass is 10.1. The molecule has 162 valence electrons. The summed E-state index contributed by atoms with van der Waals surface area (Å²) in [5.41, 5.74) is 1.07. The number of aromatic nitrogens is 3. The number of amides is 1. The van der Waals surface area contributed by atoms with Crippen LogP contribution in [-0.4, -0.2) is 33.7 Å². The summed E-state index contributed by atoms with van der Waals surface area (Å²) in [6.45, 7) is 1.16. The van der Waals surface area contributed by atoms with Crippen molar-refractivity contribution >= 4 is 33.3 Å². The number of fused-ring (bicyclic) bond motifs is 2. The zero-order chi connectivity index (χ0) is 22.1. The zero-order valence-electron chi connectivity index (χ0n) is 16.8. The van der Waals surface area contributed by atoms with E-state index in [4.69, 9.17) is 9.47 Å². The fourth-order valence-electron chi connectivity index (χ4n) is 3.53. The summed E-state index contributed by atoms with van der Waals surface area (Å²) in [6.07, 6.45) is 0.0505. The first-order valence-electron chi connectivity index (χ1n) is 9.96. The highest BCUT2D eigenvalue weighted by molar-refractivity contribution is 7.14. The van der Waals surface area contributed by atoms with Crippen molar-refractivity contribution in [2.75, 3.05) is 18.5 Å². The molecule has 0 unspecified atom stereocenters. The Morgan fingerprint density at radius 3 is 2.81 bits per heavy atom. The van der Waals surface area contributed by atoms with Gasteiger partial charge in [0.15, 0.2) is 16.6 Å². The molecule has 1 amide bonds. The SMILES string of the molecule is O=C(CCn1c(=O)[nH]c(=O)c2ccccc21)Nc1nc(-c2ccc3c(c2)OCCO3)cs1. The molecule has 4 aromatic rings. The maximum Gasteiger partial charge on any atom is 0.328 e. The molecule has 0 radical (unpaired) electrons. The number of nitrogens with zero attached hydrogens (tertiary/aromatic N) is 2. The highest BCUT2D eigenvalue weighted by Crippen LogP contribution is 2.35. The van der Waals surface area contributed by atoms with Crippen LogP contribution in [0.5, 0.6) is 11.5 Å². The van der Waals surface area contributed by atoms with Gasteiger partial charge in [-0.1, -0.05) is 12.1 Å². The topological polar surface area (TPSA) is 115 Å². The Balaban J connectivity index is 1.28. The van der Waals surface area contributed by atoms with E-state index < -0.39 is 11.2 Å². The van der Waals surface area contributed by atoms with Gasteiger partial charge in [-0.15, -0.1) is 11.3 Å². The number of nitrogens with one attached hydrogen (secondary N) is 2. The molecule has 2 aromatic heterocycles. The lowest BCUT2D eigenvalue weighted by Gasteiger charge is -2.18. The Kier molecular flexibility index (Phi) is 5.20. The molecule has 5 rings (SSSR count). The standard InChI is InChI=1S/C22H18N4O5S/c27-19(7-8-26-16-4-2-1-3-14(16)20(28)25-22(26)29)24-21-23-15(12-32-21)13-5-6-17-18(11-13)31-10-9-30-17/h1-6,11-12H,7-10H2,(H,23,24,27)(H,25,28,29). The first-order chi connectivity index (χ1) is 15.6. The van der Waals surface area contributed by atoms with Crippen LogP contribution >= 0.6 is 11.3 Å². The molecule has 1 aliphatic heterocycles. The number of H-pyrrole nitrogens is 1. The van der Waals surface area contributed by atoms with Crippen LogP contribution in [0.1, 0.15) is 6.42 Å². The molecule has 0 bridgehead atoms. The molecule has 9 nitrogen and oxygen atoms in total. The van der Waals surface area contributed by atoms with E-state index in [-0.39, 0.29) is 18.9 Å². The normalized spacial score (nSPS) is 12.6. The molecule has 32 heavy (non-hydrogen) atoms. The third-order valence-corrected chi connectivity index (χ3v) is 5.81. The minimum atomic E-state index is -0.545. The van der Waals surface area contributed by atoms with Crippen molar-refractivity contribution in [2.24, 2.45) is 0 Å². The molecular formula is C22H18N4O5S. The zero-order valence-corrected chi connectivity index (χ0v) is 17.6. The number of para-hydroxylation sites is 1. The number of rotatable bonds is 5. The van der Waals surface area contributed by atoms with Gasteiger partial charge in [0.2, 0.25) is 5.91 Å². The molecule has 0 fully saturated rings. The van der Waals surface area contributed by atoms with Crippen LogP contribution < -0.4 is 26.0 Å². The number of aromatic amines is 1. The number of hydrogen-bond acceptors (Lipinski definition) is 7. The summed E-state index contributed by atoms with van der Waals surface area (Å²) in [6, 6.07) is 12.4. The van der Waals surface area contributed by atoms with E-state index in [1.807, 2.05) is 23.6 Å². The fraction of sp³-hybridized carbons (Fsp3) is 0.182. The molecule has 2 N–H and O–H groups in total. The van der Waals surface area contributed by atoms with Crippen molar-refractivity contribution in [3.8, 4) is 22.8 Å². The third kappa shape index (κ3) is 3.87. The van der Waals surface area contributed by atoms with Crippen molar-refractivity contribution in [2.45, 2.75) is 13.0 Å². The molecule has 10 heteroatoms. The van der Waals surface area contributed by atoms with Gasteiger partial charge in [-0.3, -0.25) is 19.1 Å². The average molecular weight is 450 g/mol. The van der Waals surface area contributed by atoms with Gasteiger partial charge in [-0.2, -0.15) is 0 Å². The summed E-state index contributed by atoms with van der Waals surface area (Å²) >= 11 is 1.31. The second-order valence-electron chi connectivity index (χ2n) is 7.12. The number of aryl methyl sites for hydroxylation is 1. The Morgan fingerprint density at radius 2 is 1.94 bits per heavy atom. The van der Waals surface area contributed by atoms with Crippen molar-refractivity contribution in [3.05, 3.63) is 68.7 Å². The largest absolute Gasteiger partial charge is 0.486 e. The monoisotopic (exact) mass is 450 g/mol. The predicted molar refractivity (Wildman–Crippen MR) is 121 cm³/mol. The second-order valence-corrected chi connectivity index (χ2v) is 7.98. The van der Waals surface area contributed by atoms with Gasteiger partial charge in [0.05, 0.1) is 16.6 Å². The predicted octanol–water partition coefficient (Wildman–Crippen LogP) is 2.61. The summed E-state index contributed by atoms with van der Waals surface area (Å²) < 4.78 is 12.5. The number of benzene rings is 2. The molecule has 1 aliphatic rings.